The fraction of sp³-hybridized carbons (Fsp3) is 0.412. The van der Waals surface area contributed by atoms with E-state index in [4.69, 9.17) is 4.74 Å². The minimum absolute atomic E-state index is 0.494. The van der Waals surface area contributed by atoms with Crippen molar-refractivity contribution in [2.75, 3.05) is 14.2 Å². The predicted molar refractivity (Wildman–Crippen MR) is 94.5 cm³/mol. The lowest BCUT2D eigenvalue weighted by atomic mass is 10.0. The Morgan fingerprint density at radius 3 is 2.86 bits per heavy atom. The zero-order valence-electron chi connectivity index (χ0n) is 12.6. The lowest BCUT2D eigenvalue weighted by molar-refractivity contribution is 0.413. The van der Waals surface area contributed by atoms with E-state index in [1.165, 1.54) is 29.7 Å². The Bertz CT molecular complexity index is 542. The molecule has 114 valence electrons. The Morgan fingerprint density at radius 1 is 1.33 bits per heavy atom. The minimum atomic E-state index is 0.494. The van der Waals surface area contributed by atoms with Crippen molar-refractivity contribution in [1.29, 1.82) is 0 Å². The van der Waals surface area contributed by atoms with Crippen molar-refractivity contribution >= 4 is 27.3 Å². The van der Waals surface area contributed by atoms with E-state index in [2.05, 4.69) is 50.9 Å². The van der Waals surface area contributed by atoms with Crippen LogP contribution in [-0.4, -0.2) is 20.2 Å². The molecular formula is C17H22BrNOS. The summed E-state index contributed by atoms with van der Waals surface area (Å²) in [5.41, 5.74) is 1.30. The summed E-state index contributed by atoms with van der Waals surface area (Å²) in [6.45, 7) is 0. The Labute approximate surface area is 139 Å². The molecule has 0 saturated carbocycles. The molecule has 0 radical (unpaired) electrons. The summed E-state index contributed by atoms with van der Waals surface area (Å²) in [6.07, 6.45) is 4.58. The number of methoxy groups -OCH3 is 1. The van der Waals surface area contributed by atoms with Crippen molar-refractivity contribution in [2.45, 2.75) is 31.7 Å². The van der Waals surface area contributed by atoms with Gasteiger partial charge in [0.1, 0.15) is 5.75 Å². The molecule has 1 N–H and O–H groups in total. The first-order valence-electron chi connectivity index (χ1n) is 7.25. The van der Waals surface area contributed by atoms with E-state index < -0.39 is 0 Å². The molecule has 0 fully saturated rings. The number of ether oxygens (including phenoxy) is 1. The first kappa shape index (κ1) is 16.5. The maximum Gasteiger partial charge on any atom is 0.119 e. The van der Waals surface area contributed by atoms with Crippen LogP contribution in [0, 0.1) is 0 Å². The Kier molecular flexibility index (Phi) is 6.74. The molecule has 0 spiro atoms. The normalized spacial score (nSPS) is 12.3. The van der Waals surface area contributed by atoms with Crippen molar-refractivity contribution in [3.63, 3.8) is 0 Å². The standard InChI is InChI=1S/C17H22BrNOS/c1-19-14(5-3-6-16-7-4-10-21-16)11-13-12-15(20-2)8-9-17(13)18/h4,7-10,12,14,19H,3,5-6,11H2,1-2H3. The zero-order valence-corrected chi connectivity index (χ0v) is 15.0. The molecule has 21 heavy (non-hydrogen) atoms. The molecular weight excluding hydrogens is 346 g/mol. The maximum atomic E-state index is 5.32. The summed E-state index contributed by atoms with van der Waals surface area (Å²) in [7, 11) is 3.76. The van der Waals surface area contributed by atoms with Gasteiger partial charge in [0.05, 0.1) is 7.11 Å². The topological polar surface area (TPSA) is 21.3 Å². The number of benzene rings is 1. The van der Waals surface area contributed by atoms with Gasteiger partial charge in [-0.2, -0.15) is 0 Å². The van der Waals surface area contributed by atoms with Crippen LogP contribution < -0.4 is 10.1 Å². The second-order valence-corrected chi connectivity index (χ2v) is 7.01. The Hall–Kier alpha value is -0.840. The number of rotatable bonds is 8. The molecule has 0 aliphatic carbocycles. The number of hydrogen-bond acceptors (Lipinski definition) is 3. The molecule has 0 bridgehead atoms. The molecule has 1 atom stereocenters. The van der Waals surface area contributed by atoms with Gasteiger partial charge >= 0.3 is 0 Å². The van der Waals surface area contributed by atoms with Crippen molar-refractivity contribution in [1.82, 2.24) is 5.32 Å². The quantitative estimate of drug-likeness (QED) is 0.731. The van der Waals surface area contributed by atoms with Crippen LogP contribution in [0.1, 0.15) is 23.3 Å². The summed E-state index contributed by atoms with van der Waals surface area (Å²) >= 11 is 5.48. The Morgan fingerprint density at radius 2 is 2.19 bits per heavy atom. The van der Waals surface area contributed by atoms with Crippen molar-refractivity contribution < 1.29 is 4.74 Å². The highest BCUT2D eigenvalue weighted by molar-refractivity contribution is 9.10. The highest BCUT2D eigenvalue weighted by Gasteiger charge is 2.11. The van der Waals surface area contributed by atoms with E-state index in [0.717, 1.165) is 16.6 Å². The van der Waals surface area contributed by atoms with Gasteiger partial charge in [-0.3, -0.25) is 0 Å². The number of nitrogens with one attached hydrogen (secondary N) is 1. The molecule has 0 amide bonds. The molecule has 2 nitrogen and oxygen atoms in total. The molecule has 1 unspecified atom stereocenters. The highest BCUT2D eigenvalue weighted by atomic mass is 79.9. The largest absolute Gasteiger partial charge is 0.497 e. The second kappa shape index (κ2) is 8.57. The monoisotopic (exact) mass is 367 g/mol. The minimum Gasteiger partial charge on any atom is -0.497 e. The molecule has 0 aliphatic rings. The van der Waals surface area contributed by atoms with Crippen LogP contribution in [-0.2, 0) is 12.8 Å². The van der Waals surface area contributed by atoms with Crippen LogP contribution in [0.15, 0.2) is 40.2 Å². The molecule has 2 rings (SSSR count). The van der Waals surface area contributed by atoms with Crippen LogP contribution >= 0.6 is 27.3 Å². The lowest BCUT2D eigenvalue weighted by Gasteiger charge is -2.17. The van der Waals surface area contributed by atoms with Gasteiger partial charge in [-0.1, -0.05) is 22.0 Å². The zero-order chi connectivity index (χ0) is 15.1. The third kappa shape index (κ3) is 5.13. The van der Waals surface area contributed by atoms with E-state index in [-0.39, 0.29) is 0 Å². The SMILES string of the molecule is CNC(CCCc1cccs1)Cc1cc(OC)ccc1Br. The van der Waals surface area contributed by atoms with Gasteiger partial charge in [-0.25, -0.2) is 0 Å². The third-order valence-electron chi connectivity index (χ3n) is 3.68. The average Bonchev–Trinajstić information content (AvgIpc) is 3.01. The van der Waals surface area contributed by atoms with Gasteiger partial charge in [0.25, 0.3) is 0 Å². The molecule has 0 saturated heterocycles. The smallest absolute Gasteiger partial charge is 0.119 e. The van der Waals surface area contributed by atoms with Crippen molar-refractivity contribution in [3.05, 3.63) is 50.6 Å². The van der Waals surface area contributed by atoms with E-state index in [0.29, 0.717) is 6.04 Å². The summed E-state index contributed by atoms with van der Waals surface area (Å²) in [4.78, 5) is 1.48. The number of likely N-dealkylation sites (N-methyl/N-ethyl adjacent to an activating group) is 1. The van der Waals surface area contributed by atoms with Crippen LogP contribution in [0.4, 0.5) is 0 Å². The van der Waals surface area contributed by atoms with Gasteiger partial charge < -0.3 is 10.1 Å². The molecule has 1 aromatic heterocycles. The van der Waals surface area contributed by atoms with Crippen LogP contribution in [0.2, 0.25) is 0 Å². The molecule has 1 heterocycles. The lowest BCUT2D eigenvalue weighted by Crippen LogP contribution is -2.27. The Balaban J connectivity index is 1.89. The summed E-state index contributed by atoms with van der Waals surface area (Å²) in [5, 5.41) is 5.59. The van der Waals surface area contributed by atoms with Crippen LogP contribution in [0.25, 0.3) is 0 Å². The fourth-order valence-electron chi connectivity index (χ4n) is 2.43. The van der Waals surface area contributed by atoms with Crippen molar-refractivity contribution in [3.8, 4) is 5.75 Å². The first-order valence-corrected chi connectivity index (χ1v) is 8.92. The number of halogens is 1. The molecule has 0 aliphatic heterocycles. The van der Waals surface area contributed by atoms with Crippen molar-refractivity contribution in [2.24, 2.45) is 0 Å². The molecule has 4 heteroatoms. The van der Waals surface area contributed by atoms with E-state index in [1.807, 2.05) is 24.5 Å². The van der Waals surface area contributed by atoms with E-state index in [1.54, 1.807) is 7.11 Å². The highest BCUT2D eigenvalue weighted by Crippen LogP contribution is 2.24. The predicted octanol–water partition coefficient (Wildman–Crippen LogP) is 4.67. The fourth-order valence-corrected chi connectivity index (χ4v) is 3.59. The van der Waals surface area contributed by atoms with Gasteiger partial charge in [0, 0.05) is 15.4 Å². The van der Waals surface area contributed by atoms with Crippen LogP contribution in [0.5, 0.6) is 5.75 Å². The number of thiophene rings is 1. The third-order valence-corrected chi connectivity index (χ3v) is 5.39. The van der Waals surface area contributed by atoms with Gasteiger partial charge in [0.2, 0.25) is 0 Å². The molecule has 1 aromatic carbocycles. The average molecular weight is 368 g/mol. The number of hydrogen-bond donors (Lipinski definition) is 1. The van der Waals surface area contributed by atoms with Gasteiger partial charge in [0.15, 0.2) is 0 Å². The summed E-state index contributed by atoms with van der Waals surface area (Å²) in [5.74, 6) is 0.918. The number of aryl methyl sites for hydroxylation is 1. The molecule has 2 aromatic rings. The van der Waals surface area contributed by atoms with Crippen LogP contribution in [0.3, 0.4) is 0 Å². The van der Waals surface area contributed by atoms with Gasteiger partial charge in [-0.05, 0) is 67.9 Å². The second-order valence-electron chi connectivity index (χ2n) is 5.12. The maximum absolute atomic E-state index is 5.32. The first-order chi connectivity index (χ1) is 10.2. The summed E-state index contributed by atoms with van der Waals surface area (Å²) < 4.78 is 6.47. The summed E-state index contributed by atoms with van der Waals surface area (Å²) in [6, 6.07) is 11.0. The van der Waals surface area contributed by atoms with E-state index >= 15 is 0 Å². The van der Waals surface area contributed by atoms with E-state index in [9.17, 15) is 0 Å². The van der Waals surface area contributed by atoms with Gasteiger partial charge in [-0.15, -0.1) is 11.3 Å².